The second kappa shape index (κ2) is 7.00. The summed E-state index contributed by atoms with van der Waals surface area (Å²) in [6.45, 7) is 6.74. The van der Waals surface area contributed by atoms with Crippen molar-refractivity contribution in [3.63, 3.8) is 0 Å². The van der Waals surface area contributed by atoms with E-state index in [1.807, 2.05) is 32.0 Å². The first kappa shape index (κ1) is 15.8. The lowest BCUT2D eigenvalue weighted by molar-refractivity contribution is 0.343. The molecule has 0 spiro atoms. The number of hydrogen-bond acceptors (Lipinski definition) is 5. The fourth-order valence-corrected chi connectivity index (χ4v) is 2.99. The van der Waals surface area contributed by atoms with E-state index in [1.54, 1.807) is 16.3 Å². The summed E-state index contributed by atoms with van der Waals surface area (Å²) in [7, 11) is 0. The van der Waals surface area contributed by atoms with Gasteiger partial charge in [0, 0.05) is 17.1 Å². The van der Waals surface area contributed by atoms with E-state index in [0.29, 0.717) is 12.4 Å². The number of ether oxygens (including phenoxy) is 1. The number of thioether (sulfide) groups is 1. The summed E-state index contributed by atoms with van der Waals surface area (Å²) in [4.78, 5) is 8.85. The number of aryl methyl sites for hydroxylation is 3. The van der Waals surface area contributed by atoms with E-state index in [-0.39, 0.29) is 0 Å². The van der Waals surface area contributed by atoms with Crippen LogP contribution in [0.25, 0.3) is 5.78 Å². The van der Waals surface area contributed by atoms with Crippen LogP contribution in [0.4, 0.5) is 0 Å². The number of benzene rings is 1. The van der Waals surface area contributed by atoms with E-state index in [0.717, 1.165) is 34.5 Å². The molecule has 0 bridgehead atoms. The van der Waals surface area contributed by atoms with Gasteiger partial charge >= 0.3 is 0 Å². The maximum absolute atomic E-state index is 5.79. The molecule has 0 aliphatic carbocycles. The predicted molar refractivity (Wildman–Crippen MR) is 92.3 cm³/mol. The molecule has 5 nitrogen and oxygen atoms in total. The Balaban J connectivity index is 1.57. The summed E-state index contributed by atoms with van der Waals surface area (Å²) in [5, 5.41) is 5.21. The highest BCUT2D eigenvalue weighted by Crippen LogP contribution is 2.17. The summed E-state index contributed by atoms with van der Waals surface area (Å²) in [6.07, 6.45) is 1.02. The average Bonchev–Trinajstić information content (AvgIpc) is 2.95. The summed E-state index contributed by atoms with van der Waals surface area (Å²) in [5.41, 5.74) is 3.28. The van der Waals surface area contributed by atoms with Crippen LogP contribution in [0, 0.1) is 13.8 Å². The molecular formula is C17H20N4OS. The van der Waals surface area contributed by atoms with Crippen LogP contribution in [-0.2, 0) is 6.42 Å². The van der Waals surface area contributed by atoms with E-state index in [1.165, 1.54) is 5.56 Å². The molecule has 0 N–H and O–H groups in total. The highest BCUT2D eigenvalue weighted by Gasteiger charge is 2.08. The van der Waals surface area contributed by atoms with Crippen LogP contribution in [0.15, 0.2) is 35.5 Å². The van der Waals surface area contributed by atoms with Crippen molar-refractivity contribution >= 4 is 17.5 Å². The van der Waals surface area contributed by atoms with Gasteiger partial charge in [-0.2, -0.15) is 4.98 Å². The van der Waals surface area contributed by atoms with Crippen LogP contribution < -0.4 is 4.74 Å². The molecule has 3 aromatic rings. The summed E-state index contributed by atoms with van der Waals surface area (Å²) in [5.74, 6) is 2.37. The smallest absolute Gasteiger partial charge is 0.253 e. The van der Waals surface area contributed by atoms with Crippen molar-refractivity contribution in [1.82, 2.24) is 19.6 Å². The molecule has 2 heterocycles. The largest absolute Gasteiger partial charge is 0.493 e. The van der Waals surface area contributed by atoms with Gasteiger partial charge in [-0.1, -0.05) is 30.8 Å². The standard InChI is InChI=1S/C17H20N4OS/c1-4-14-6-5-7-15(11-14)22-8-9-23-17-19-16-18-12(2)10-13(3)21(16)20-17/h5-7,10-11H,4,8-9H2,1-3H3. The molecule has 0 saturated carbocycles. The van der Waals surface area contributed by atoms with Gasteiger partial charge in [0.1, 0.15) is 5.75 Å². The first-order valence-corrected chi connectivity index (χ1v) is 8.70. The summed E-state index contributed by atoms with van der Waals surface area (Å²) >= 11 is 1.58. The van der Waals surface area contributed by atoms with Crippen molar-refractivity contribution in [2.45, 2.75) is 32.3 Å². The highest BCUT2D eigenvalue weighted by molar-refractivity contribution is 7.99. The molecule has 23 heavy (non-hydrogen) atoms. The topological polar surface area (TPSA) is 52.3 Å². The van der Waals surface area contributed by atoms with Gasteiger partial charge < -0.3 is 4.74 Å². The van der Waals surface area contributed by atoms with Crippen LogP contribution in [0.3, 0.4) is 0 Å². The lowest BCUT2D eigenvalue weighted by Crippen LogP contribution is -2.01. The fourth-order valence-electron chi connectivity index (χ4n) is 2.36. The molecule has 0 atom stereocenters. The third kappa shape index (κ3) is 3.82. The lowest BCUT2D eigenvalue weighted by Gasteiger charge is -2.06. The van der Waals surface area contributed by atoms with Crippen LogP contribution in [0.2, 0.25) is 0 Å². The zero-order valence-electron chi connectivity index (χ0n) is 13.6. The fraction of sp³-hybridized carbons (Fsp3) is 0.353. The van der Waals surface area contributed by atoms with Crippen molar-refractivity contribution in [2.24, 2.45) is 0 Å². The highest BCUT2D eigenvalue weighted by atomic mass is 32.2. The number of nitrogens with zero attached hydrogens (tertiary/aromatic N) is 4. The molecule has 1 aromatic carbocycles. The maximum Gasteiger partial charge on any atom is 0.253 e. The van der Waals surface area contributed by atoms with E-state index in [4.69, 9.17) is 4.74 Å². The molecule has 6 heteroatoms. The summed E-state index contributed by atoms with van der Waals surface area (Å²) < 4.78 is 7.57. The third-order valence-electron chi connectivity index (χ3n) is 3.49. The Bertz CT molecular complexity index is 815. The third-order valence-corrected chi connectivity index (χ3v) is 4.29. The van der Waals surface area contributed by atoms with Crippen LogP contribution in [0.5, 0.6) is 5.75 Å². The average molecular weight is 328 g/mol. The monoisotopic (exact) mass is 328 g/mol. The molecule has 0 radical (unpaired) electrons. The number of fused-ring (bicyclic) bond motifs is 1. The molecule has 0 fully saturated rings. The van der Waals surface area contributed by atoms with Gasteiger partial charge in [0.05, 0.1) is 6.61 Å². The molecule has 0 saturated heterocycles. The van der Waals surface area contributed by atoms with E-state index in [9.17, 15) is 0 Å². The van der Waals surface area contributed by atoms with Gasteiger partial charge in [0.15, 0.2) is 0 Å². The quantitative estimate of drug-likeness (QED) is 0.512. The molecule has 120 valence electrons. The minimum Gasteiger partial charge on any atom is -0.493 e. The minimum atomic E-state index is 0.624. The first-order chi connectivity index (χ1) is 11.2. The lowest BCUT2D eigenvalue weighted by atomic mass is 10.2. The van der Waals surface area contributed by atoms with Crippen molar-refractivity contribution in [3.05, 3.63) is 47.3 Å². The zero-order valence-corrected chi connectivity index (χ0v) is 14.4. The Hall–Kier alpha value is -2.08. The molecule has 3 rings (SSSR count). The molecule has 0 amide bonds. The Kier molecular flexibility index (Phi) is 4.81. The minimum absolute atomic E-state index is 0.624. The van der Waals surface area contributed by atoms with E-state index >= 15 is 0 Å². The second-order valence-corrected chi connectivity index (χ2v) is 6.41. The van der Waals surface area contributed by atoms with E-state index < -0.39 is 0 Å². The Morgan fingerprint density at radius 3 is 2.87 bits per heavy atom. The van der Waals surface area contributed by atoms with Gasteiger partial charge in [-0.05, 0) is 44.0 Å². The molecule has 2 aromatic heterocycles. The van der Waals surface area contributed by atoms with Crippen molar-refractivity contribution in [2.75, 3.05) is 12.4 Å². The van der Waals surface area contributed by atoms with Crippen LogP contribution in [-0.4, -0.2) is 31.9 Å². The molecule has 0 unspecified atom stereocenters. The molecular weight excluding hydrogens is 308 g/mol. The number of aromatic nitrogens is 4. The van der Waals surface area contributed by atoms with Gasteiger partial charge in [0.2, 0.25) is 5.16 Å². The summed E-state index contributed by atoms with van der Waals surface area (Å²) in [6, 6.07) is 10.2. The van der Waals surface area contributed by atoms with Gasteiger partial charge in [-0.15, -0.1) is 5.10 Å². The normalized spacial score (nSPS) is 11.1. The van der Waals surface area contributed by atoms with Gasteiger partial charge in [-0.3, -0.25) is 0 Å². The second-order valence-electron chi connectivity index (χ2n) is 5.34. The van der Waals surface area contributed by atoms with Crippen LogP contribution >= 0.6 is 11.8 Å². The van der Waals surface area contributed by atoms with Gasteiger partial charge in [-0.25, -0.2) is 9.50 Å². The number of hydrogen-bond donors (Lipinski definition) is 0. The SMILES string of the molecule is CCc1cccc(OCCSc2nc3nc(C)cc(C)n3n2)c1. The Morgan fingerprint density at radius 1 is 1.17 bits per heavy atom. The van der Waals surface area contributed by atoms with E-state index in [2.05, 4.69) is 34.1 Å². The zero-order chi connectivity index (χ0) is 16.2. The number of rotatable bonds is 6. The Labute approximate surface area is 140 Å². The van der Waals surface area contributed by atoms with Gasteiger partial charge in [0.25, 0.3) is 5.78 Å². The Morgan fingerprint density at radius 2 is 2.04 bits per heavy atom. The maximum atomic E-state index is 5.79. The van der Waals surface area contributed by atoms with Crippen molar-refractivity contribution in [3.8, 4) is 5.75 Å². The predicted octanol–water partition coefficient (Wildman–Crippen LogP) is 3.47. The molecule has 0 aliphatic rings. The molecule has 0 aliphatic heterocycles. The first-order valence-electron chi connectivity index (χ1n) is 7.71. The van der Waals surface area contributed by atoms with Crippen molar-refractivity contribution in [1.29, 1.82) is 0 Å². The van der Waals surface area contributed by atoms with Crippen molar-refractivity contribution < 1.29 is 4.74 Å². The van der Waals surface area contributed by atoms with Crippen LogP contribution in [0.1, 0.15) is 23.9 Å².